The summed E-state index contributed by atoms with van der Waals surface area (Å²) >= 11 is 9.51. The first kappa shape index (κ1) is 11.8. The van der Waals surface area contributed by atoms with Crippen LogP contribution in [0.25, 0.3) is 0 Å². The molecule has 0 amide bonds. The first-order valence-electron chi connectivity index (χ1n) is 4.74. The summed E-state index contributed by atoms with van der Waals surface area (Å²) < 4.78 is 0. The van der Waals surface area contributed by atoms with E-state index in [2.05, 4.69) is 4.98 Å². The van der Waals surface area contributed by atoms with Crippen LogP contribution in [0.3, 0.4) is 0 Å². The SMILES string of the molecule is Cc1ncc(CSc2ccc(N)cc2Cl)s1. The number of nitrogens with zero attached hydrogens (tertiary/aromatic N) is 1. The van der Waals surface area contributed by atoms with Gasteiger partial charge in [-0.1, -0.05) is 11.6 Å². The van der Waals surface area contributed by atoms with Gasteiger partial charge in [0.15, 0.2) is 0 Å². The van der Waals surface area contributed by atoms with Gasteiger partial charge in [0.05, 0.1) is 10.0 Å². The van der Waals surface area contributed by atoms with Crippen LogP contribution in [0.5, 0.6) is 0 Å². The zero-order valence-electron chi connectivity index (χ0n) is 8.74. The minimum Gasteiger partial charge on any atom is -0.399 e. The lowest BCUT2D eigenvalue weighted by Gasteiger charge is -2.03. The van der Waals surface area contributed by atoms with Crippen molar-refractivity contribution in [1.82, 2.24) is 4.98 Å². The highest BCUT2D eigenvalue weighted by Crippen LogP contribution is 2.32. The second-order valence-corrected chi connectivity index (χ2v) is 6.07. The fourth-order valence-electron chi connectivity index (χ4n) is 1.26. The highest BCUT2D eigenvalue weighted by atomic mass is 35.5. The predicted molar refractivity (Wildman–Crippen MR) is 72.3 cm³/mol. The lowest BCUT2D eigenvalue weighted by molar-refractivity contribution is 1.28. The molecule has 1 aromatic carbocycles. The molecule has 5 heteroatoms. The Balaban J connectivity index is 2.04. The van der Waals surface area contributed by atoms with Crippen LogP contribution in [0.2, 0.25) is 5.02 Å². The van der Waals surface area contributed by atoms with E-state index in [1.807, 2.05) is 25.3 Å². The minimum atomic E-state index is 0.697. The molecule has 84 valence electrons. The number of nitrogen functional groups attached to an aromatic ring is 1. The smallest absolute Gasteiger partial charge is 0.0897 e. The van der Waals surface area contributed by atoms with Crippen molar-refractivity contribution in [3.63, 3.8) is 0 Å². The van der Waals surface area contributed by atoms with Crippen LogP contribution in [0, 0.1) is 6.92 Å². The fraction of sp³-hybridized carbons (Fsp3) is 0.182. The van der Waals surface area contributed by atoms with Crippen molar-refractivity contribution in [2.24, 2.45) is 0 Å². The molecule has 2 nitrogen and oxygen atoms in total. The largest absolute Gasteiger partial charge is 0.399 e. The van der Waals surface area contributed by atoms with Crippen LogP contribution in [0.15, 0.2) is 29.3 Å². The zero-order chi connectivity index (χ0) is 11.5. The molecule has 1 aromatic heterocycles. The van der Waals surface area contributed by atoms with E-state index in [0.717, 1.165) is 15.7 Å². The summed E-state index contributed by atoms with van der Waals surface area (Å²) in [5, 5.41) is 1.81. The summed E-state index contributed by atoms with van der Waals surface area (Å²) in [6, 6.07) is 5.60. The number of thioether (sulfide) groups is 1. The van der Waals surface area contributed by atoms with Gasteiger partial charge in [-0.2, -0.15) is 0 Å². The number of rotatable bonds is 3. The van der Waals surface area contributed by atoms with Crippen molar-refractivity contribution in [3.8, 4) is 0 Å². The molecule has 0 spiro atoms. The molecule has 0 aliphatic heterocycles. The first-order valence-corrected chi connectivity index (χ1v) is 6.92. The maximum absolute atomic E-state index is 6.09. The van der Waals surface area contributed by atoms with E-state index in [4.69, 9.17) is 17.3 Å². The molecule has 0 atom stereocenters. The Hall–Kier alpha value is -0.710. The third-order valence-corrected chi connectivity index (χ3v) is 4.64. The van der Waals surface area contributed by atoms with Crippen molar-refractivity contribution in [2.45, 2.75) is 17.6 Å². The van der Waals surface area contributed by atoms with Gasteiger partial charge in [0.25, 0.3) is 0 Å². The number of aromatic nitrogens is 1. The summed E-state index contributed by atoms with van der Waals surface area (Å²) in [5.41, 5.74) is 6.33. The number of aryl methyl sites for hydroxylation is 1. The van der Waals surface area contributed by atoms with Gasteiger partial charge in [0, 0.05) is 27.4 Å². The maximum Gasteiger partial charge on any atom is 0.0897 e. The van der Waals surface area contributed by atoms with E-state index in [-0.39, 0.29) is 0 Å². The molecule has 0 aliphatic carbocycles. The molecule has 0 bridgehead atoms. The monoisotopic (exact) mass is 270 g/mol. The number of nitrogens with two attached hydrogens (primary N) is 1. The predicted octanol–water partition coefficient (Wildman–Crippen LogP) is 3.98. The molecule has 0 saturated carbocycles. The minimum absolute atomic E-state index is 0.697. The number of hydrogen-bond acceptors (Lipinski definition) is 4. The lowest BCUT2D eigenvalue weighted by atomic mass is 10.3. The average molecular weight is 271 g/mol. The van der Waals surface area contributed by atoms with E-state index in [9.17, 15) is 0 Å². The molecule has 1 heterocycles. The van der Waals surface area contributed by atoms with Gasteiger partial charge in [-0.3, -0.25) is 0 Å². The number of anilines is 1. The Morgan fingerprint density at radius 1 is 1.50 bits per heavy atom. The summed E-state index contributed by atoms with van der Waals surface area (Å²) in [7, 11) is 0. The Morgan fingerprint density at radius 2 is 2.31 bits per heavy atom. The van der Waals surface area contributed by atoms with Crippen LogP contribution >= 0.6 is 34.7 Å². The van der Waals surface area contributed by atoms with Crippen LogP contribution in [-0.4, -0.2) is 4.98 Å². The number of hydrogen-bond donors (Lipinski definition) is 1. The number of benzene rings is 1. The van der Waals surface area contributed by atoms with E-state index in [1.165, 1.54) is 4.88 Å². The van der Waals surface area contributed by atoms with Crippen LogP contribution in [-0.2, 0) is 5.75 Å². The molecule has 0 fully saturated rings. The highest BCUT2D eigenvalue weighted by molar-refractivity contribution is 7.98. The molecule has 0 unspecified atom stereocenters. The van der Waals surface area contributed by atoms with Crippen LogP contribution < -0.4 is 5.73 Å². The van der Waals surface area contributed by atoms with Gasteiger partial charge in [0.1, 0.15) is 0 Å². The number of thiazole rings is 1. The van der Waals surface area contributed by atoms with Crippen molar-refractivity contribution in [2.75, 3.05) is 5.73 Å². The fourth-order valence-corrected chi connectivity index (χ4v) is 3.34. The molecule has 0 radical (unpaired) electrons. The van der Waals surface area contributed by atoms with Crippen LogP contribution in [0.1, 0.15) is 9.88 Å². The van der Waals surface area contributed by atoms with E-state index >= 15 is 0 Å². The third-order valence-electron chi connectivity index (χ3n) is 2.00. The zero-order valence-corrected chi connectivity index (χ0v) is 11.1. The van der Waals surface area contributed by atoms with E-state index in [0.29, 0.717) is 10.7 Å². The normalized spacial score (nSPS) is 10.6. The second kappa shape index (κ2) is 5.08. The van der Waals surface area contributed by atoms with Gasteiger partial charge in [-0.15, -0.1) is 23.1 Å². The standard InChI is InChI=1S/C11H11ClN2S2/c1-7-14-5-9(16-7)6-15-11-3-2-8(13)4-10(11)12/h2-5H,6,13H2,1H3. The molecular weight excluding hydrogens is 260 g/mol. The molecule has 16 heavy (non-hydrogen) atoms. The highest BCUT2D eigenvalue weighted by Gasteiger charge is 2.04. The van der Waals surface area contributed by atoms with Gasteiger partial charge in [0.2, 0.25) is 0 Å². The van der Waals surface area contributed by atoms with Gasteiger partial charge >= 0.3 is 0 Å². The average Bonchev–Trinajstić information content (AvgIpc) is 2.63. The summed E-state index contributed by atoms with van der Waals surface area (Å²) in [4.78, 5) is 6.53. The van der Waals surface area contributed by atoms with Crippen molar-refractivity contribution in [3.05, 3.63) is 39.3 Å². The van der Waals surface area contributed by atoms with Gasteiger partial charge in [-0.25, -0.2) is 4.98 Å². The summed E-state index contributed by atoms with van der Waals surface area (Å²) in [5.74, 6) is 0.898. The summed E-state index contributed by atoms with van der Waals surface area (Å²) in [6.45, 7) is 2.01. The third kappa shape index (κ3) is 2.90. The molecule has 0 aliphatic rings. The number of halogens is 1. The Kier molecular flexibility index (Phi) is 3.74. The maximum atomic E-state index is 6.09. The van der Waals surface area contributed by atoms with Gasteiger partial charge < -0.3 is 5.73 Å². The first-order chi connectivity index (χ1) is 7.65. The second-order valence-electron chi connectivity index (χ2n) is 3.32. The molecule has 2 rings (SSSR count). The molecule has 2 aromatic rings. The summed E-state index contributed by atoms with van der Waals surface area (Å²) in [6.07, 6.45) is 1.91. The van der Waals surface area contributed by atoms with Crippen molar-refractivity contribution in [1.29, 1.82) is 0 Å². The van der Waals surface area contributed by atoms with E-state index in [1.54, 1.807) is 29.2 Å². The van der Waals surface area contributed by atoms with Gasteiger partial charge in [-0.05, 0) is 25.1 Å². The van der Waals surface area contributed by atoms with Crippen molar-refractivity contribution < 1.29 is 0 Å². The van der Waals surface area contributed by atoms with E-state index < -0.39 is 0 Å². The Morgan fingerprint density at radius 3 is 2.94 bits per heavy atom. The topological polar surface area (TPSA) is 38.9 Å². The quantitative estimate of drug-likeness (QED) is 0.677. The molecule has 2 N–H and O–H groups in total. The molecule has 0 saturated heterocycles. The molecular formula is C11H11ClN2S2. The lowest BCUT2D eigenvalue weighted by Crippen LogP contribution is -1.84. The Labute approximate surface area is 108 Å². The Bertz CT molecular complexity index is 496. The van der Waals surface area contributed by atoms with Crippen molar-refractivity contribution >= 4 is 40.4 Å². The van der Waals surface area contributed by atoms with Crippen LogP contribution in [0.4, 0.5) is 5.69 Å².